The van der Waals surface area contributed by atoms with Gasteiger partial charge in [0, 0.05) is 17.6 Å². The molecule has 0 saturated heterocycles. The second-order valence-electron chi connectivity index (χ2n) is 4.39. The first-order chi connectivity index (χ1) is 8.25. The maximum absolute atomic E-state index is 5.98. The molecular formula is C14H18ClNO. The maximum atomic E-state index is 5.98. The first-order valence-corrected chi connectivity index (χ1v) is 6.43. The van der Waals surface area contributed by atoms with Crippen molar-refractivity contribution in [2.24, 2.45) is 0 Å². The van der Waals surface area contributed by atoms with Crippen LogP contribution in [0, 0.1) is 0 Å². The van der Waals surface area contributed by atoms with Crippen molar-refractivity contribution in [1.29, 1.82) is 0 Å². The van der Waals surface area contributed by atoms with E-state index >= 15 is 0 Å². The predicted molar refractivity (Wildman–Crippen MR) is 71.1 cm³/mol. The Balaban J connectivity index is 1.84. The van der Waals surface area contributed by atoms with Gasteiger partial charge in [0.15, 0.2) is 0 Å². The fourth-order valence-corrected chi connectivity index (χ4v) is 2.14. The molecule has 0 aliphatic carbocycles. The SMILES string of the molecule is C[C@@H](NCC1CCC=CO1)c1cccc(Cl)c1. The second-order valence-corrected chi connectivity index (χ2v) is 4.83. The molecule has 0 aromatic heterocycles. The van der Waals surface area contributed by atoms with Gasteiger partial charge in [0.1, 0.15) is 6.10 Å². The van der Waals surface area contributed by atoms with E-state index in [1.807, 2.05) is 18.2 Å². The van der Waals surface area contributed by atoms with Crippen molar-refractivity contribution in [2.75, 3.05) is 6.54 Å². The Morgan fingerprint density at radius 1 is 1.53 bits per heavy atom. The van der Waals surface area contributed by atoms with E-state index in [1.54, 1.807) is 6.26 Å². The standard InChI is InChI=1S/C14H18ClNO/c1-11(12-5-4-6-13(15)9-12)16-10-14-7-2-3-8-17-14/h3-6,8-9,11,14,16H,2,7,10H2,1H3/t11-,14?/m1/s1. The van der Waals surface area contributed by atoms with E-state index in [2.05, 4.69) is 24.4 Å². The van der Waals surface area contributed by atoms with Crippen LogP contribution in [0.4, 0.5) is 0 Å². The topological polar surface area (TPSA) is 21.3 Å². The highest BCUT2D eigenvalue weighted by Gasteiger charge is 2.12. The van der Waals surface area contributed by atoms with Crippen LogP contribution in [0.2, 0.25) is 5.02 Å². The van der Waals surface area contributed by atoms with Gasteiger partial charge in [-0.15, -0.1) is 0 Å². The molecule has 3 heteroatoms. The van der Waals surface area contributed by atoms with Crippen LogP contribution in [-0.2, 0) is 4.74 Å². The van der Waals surface area contributed by atoms with Crippen LogP contribution < -0.4 is 5.32 Å². The van der Waals surface area contributed by atoms with Crippen LogP contribution >= 0.6 is 11.6 Å². The van der Waals surface area contributed by atoms with E-state index in [4.69, 9.17) is 16.3 Å². The highest BCUT2D eigenvalue weighted by atomic mass is 35.5. The number of hydrogen-bond donors (Lipinski definition) is 1. The monoisotopic (exact) mass is 251 g/mol. The number of ether oxygens (including phenoxy) is 1. The van der Waals surface area contributed by atoms with Gasteiger partial charge < -0.3 is 10.1 Å². The lowest BCUT2D eigenvalue weighted by Crippen LogP contribution is -2.31. The number of benzene rings is 1. The molecule has 0 spiro atoms. The lowest BCUT2D eigenvalue weighted by Gasteiger charge is -2.22. The summed E-state index contributed by atoms with van der Waals surface area (Å²) in [5.41, 5.74) is 1.21. The summed E-state index contributed by atoms with van der Waals surface area (Å²) in [7, 11) is 0. The Hall–Kier alpha value is -0.990. The molecule has 1 unspecified atom stereocenters. The minimum atomic E-state index is 0.293. The second kappa shape index (κ2) is 6.08. The van der Waals surface area contributed by atoms with Crippen LogP contribution in [0.5, 0.6) is 0 Å². The summed E-state index contributed by atoms with van der Waals surface area (Å²) in [4.78, 5) is 0. The van der Waals surface area contributed by atoms with Crippen LogP contribution in [-0.4, -0.2) is 12.6 Å². The first-order valence-electron chi connectivity index (χ1n) is 6.05. The van der Waals surface area contributed by atoms with Gasteiger partial charge in [0.2, 0.25) is 0 Å². The molecule has 1 aromatic carbocycles. The van der Waals surface area contributed by atoms with Crippen molar-refractivity contribution in [3.8, 4) is 0 Å². The van der Waals surface area contributed by atoms with Crippen molar-refractivity contribution in [1.82, 2.24) is 5.32 Å². The molecule has 0 saturated carbocycles. The fraction of sp³-hybridized carbons (Fsp3) is 0.429. The van der Waals surface area contributed by atoms with Gasteiger partial charge in [-0.05, 0) is 43.5 Å². The molecule has 2 atom stereocenters. The predicted octanol–water partition coefficient (Wildman–Crippen LogP) is 3.68. The molecule has 0 amide bonds. The maximum Gasteiger partial charge on any atom is 0.110 e. The summed E-state index contributed by atoms with van der Waals surface area (Å²) in [6, 6.07) is 8.26. The van der Waals surface area contributed by atoms with Crippen LogP contribution in [0.15, 0.2) is 36.6 Å². The highest BCUT2D eigenvalue weighted by Crippen LogP contribution is 2.18. The molecule has 92 valence electrons. The Kier molecular flexibility index (Phi) is 4.46. The van der Waals surface area contributed by atoms with E-state index < -0.39 is 0 Å². The smallest absolute Gasteiger partial charge is 0.110 e. The average molecular weight is 252 g/mol. The van der Waals surface area contributed by atoms with E-state index in [-0.39, 0.29) is 0 Å². The number of hydrogen-bond acceptors (Lipinski definition) is 2. The summed E-state index contributed by atoms with van der Waals surface area (Å²) in [6.07, 6.45) is 6.36. The quantitative estimate of drug-likeness (QED) is 0.881. The number of allylic oxidation sites excluding steroid dienone is 1. The zero-order valence-electron chi connectivity index (χ0n) is 10.0. The zero-order valence-corrected chi connectivity index (χ0v) is 10.8. The van der Waals surface area contributed by atoms with Crippen LogP contribution in [0.25, 0.3) is 0 Å². The van der Waals surface area contributed by atoms with Crippen molar-refractivity contribution in [2.45, 2.75) is 31.9 Å². The molecule has 1 heterocycles. The van der Waals surface area contributed by atoms with Gasteiger partial charge in [-0.1, -0.05) is 23.7 Å². The summed E-state index contributed by atoms with van der Waals surface area (Å²) in [5.74, 6) is 0. The molecule has 0 fully saturated rings. The molecule has 1 N–H and O–H groups in total. The lowest BCUT2D eigenvalue weighted by molar-refractivity contribution is 0.120. The van der Waals surface area contributed by atoms with E-state index in [0.717, 1.165) is 24.4 Å². The normalized spacial score (nSPS) is 20.9. The van der Waals surface area contributed by atoms with Crippen molar-refractivity contribution < 1.29 is 4.74 Å². The highest BCUT2D eigenvalue weighted by molar-refractivity contribution is 6.30. The molecule has 0 bridgehead atoms. The van der Waals surface area contributed by atoms with E-state index in [9.17, 15) is 0 Å². The Morgan fingerprint density at radius 2 is 2.41 bits per heavy atom. The molecular weight excluding hydrogens is 234 g/mol. The summed E-state index contributed by atoms with van der Waals surface area (Å²) in [5, 5.41) is 4.26. The zero-order chi connectivity index (χ0) is 12.1. The average Bonchev–Trinajstić information content (AvgIpc) is 2.37. The third-order valence-corrected chi connectivity index (χ3v) is 3.26. The van der Waals surface area contributed by atoms with Gasteiger partial charge in [-0.2, -0.15) is 0 Å². The third-order valence-electron chi connectivity index (χ3n) is 3.02. The van der Waals surface area contributed by atoms with Gasteiger partial charge >= 0.3 is 0 Å². The van der Waals surface area contributed by atoms with Crippen LogP contribution in [0.1, 0.15) is 31.4 Å². The molecule has 2 rings (SSSR count). The minimum Gasteiger partial charge on any atom is -0.497 e. The summed E-state index contributed by atoms with van der Waals surface area (Å²) in [6.45, 7) is 3.02. The fourth-order valence-electron chi connectivity index (χ4n) is 1.94. The summed E-state index contributed by atoms with van der Waals surface area (Å²) >= 11 is 5.98. The first kappa shape index (κ1) is 12.5. The Labute approximate surface area is 108 Å². The van der Waals surface area contributed by atoms with Crippen LogP contribution in [0.3, 0.4) is 0 Å². The molecule has 1 aliphatic heterocycles. The van der Waals surface area contributed by atoms with Crippen molar-refractivity contribution in [3.63, 3.8) is 0 Å². The van der Waals surface area contributed by atoms with Gasteiger partial charge in [-0.3, -0.25) is 0 Å². The molecule has 0 radical (unpaired) electrons. The van der Waals surface area contributed by atoms with Gasteiger partial charge in [0.25, 0.3) is 0 Å². The molecule has 1 aromatic rings. The van der Waals surface area contributed by atoms with Gasteiger partial charge in [0.05, 0.1) is 6.26 Å². The van der Waals surface area contributed by atoms with Crippen molar-refractivity contribution in [3.05, 3.63) is 47.2 Å². The summed E-state index contributed by atoms with van der Waals surface area (Å²) < 4.78 is 5.52. The van der Waals surface area contributed by atoms with Crippen molar-refractivity contribution >= 4 is 11.6 Å². The Bertz CT molecular complexity index is 392. The minimum absolute atomic E-state index is 0.293. The lowest BCUT2D eigenvalue weighted by atomic mass is 10.1. The van der Waals surface area contributed by atoms with E-state index in [0.29, 0.717) is 12.1 Å². The molecule has 17 heavy (non-hydrogen) atoms. The molecule has 1 aliphatic rings. The van der Waals surface area contributed by atoms with Gasteiger partial charge in [-0.25, -0.2) is 0 Å². The Morgan fingerprint density at radius 3 is 3.12 bits per heavy atom. The third kappa shape index (κ3) is 3.76. The number of nitrogens with one attached hydrogen (secondary N) is 1. The van der Waals surface area contributed by atoms with E-state index in [1.165, 1.54) is 5.56 Å². The number of rotatable bonds is 4. The molecule has 2 nitrogen and oxygen atoms in total. The number of halogens is 1. The largest absolute Gasteiger partial charge is 0.497 e.